The number of nitrogen functional groups attached to an aromatic ring is 1. The fourth-order valence-electron chi connectivity index (χ4n) is 1.66. The minimum absolute atomic E-state index is 0.0696. The van der Waals surface area contributed by atoms with Gasteiger partial charge in [0.25, 0.3) is 0 Å². The Morgan fingerprint density at radius 2 is 2.24 bits per heavy atom. The van der Waals surface area contributed by atoms with Gasteiger partial charge in [0.05, 0.1) is 0 Å². The van der Waals surface area contributed by atoms with Gasteiger partial charge in [-0.1, -0.05) is 13.0 Å². The van der Waals surface area contributed by atoms with Crippen molar-refractivity contribution in [2.24, 2.45) is 5.92 Å². The van der Waals surface area contributed by atoms with Gasteiger partial charge < -0.3 is 15.4 Å². The van der Waals surface area contributed by atoms with Crippen molar-refractivity contribution in [3.05, 3.63) is 24.3 Å². The Balaban J connectivity index is 2.63. The van der Waals surface area contributed by atoms with E-state index in [1.165, 1.54) is 0 Å². The molecule has 4 nitrogen and oxygen atoms in total. The number of anilines is 2. The molecule has 94 valence electrons. The van der Waals surface area contributed by atoms with E-state index in [1.807, 2.05) is 19.1 Å². The molecular formula is C13H20N2O2. The highest BCUT2D eigenvalue weighted by Gasteiger charge is 2.14. The van der Waals surface area contributed by atoms with Crippen LogP contribution in [0.15, 0.2) is 24.3 Å². The summed E-state index contributed by atoms with van der Waals surface area (Å²) >= 11 is 0. The fraction of sp³-hybridized carbons (Fsp3) is 0.462. The molecule has 1 atom stereocenters. The number of carbonyl (C=O) groups is 1. The first-order chi connectivity index (χ1) is 8.04. The zero-order chi connectivity index (χ0) is 12.8. The second-order valence-corrected chi connectivity index (χ2v) is 4.31. The van der Waals surface area contributed by atoms with Crippen molar-refractivity contribution in [2.45, 2.75) is 13.3 Å². The molecule has 0 saturated carbocycles. The monoisotopic (exact) mass is 236 g/mol. The number of carbonyl (C=O) groups excluding carboxylic acids is 1. The van der Waals surface area contributed by atoms with E-state index < -0.39 is 0 Å². The molecule has 1 rings (SSSR count). The topological polar surface area (TPSA) is 55.6 Å². The van der Waals surface area contributed by atoms with E-state index in [-0.39, 0.29) is 11.8 Å². The van der Waals surface area contributed by atoms with Gasteiger partial charge in [-0.3, -0.25) is 4.79 Å². The molecule has 1 unspecified atom stereocenters. The summed E-state index contributed by atoms with van der Waals surface area (Å²) in [5, 5.41) is 0. The third kappa shape index (κ3) is 4.07. The van der Waals surface area contributed by atoms with Crippen LogP contribution in [0.2, 0.25) is 0 Å². The first kappa shape index (κ1) is 13.5. The molecule has 1 amide bonds. The van der Waals surface area contributed by atoms with Gasteiger partial charge >= 0.3 is 0 Å². The van der Waals surface area contributed by atoms with E-state index in [4.69, 9.17) is 10.5 Å². The Bertz CT molecular complexity index is 379. The summed E-state index contributed by atoms with van der Waals surface area (Å²) in [5.41, 5.74) is 7.17. The first-order valence-electron chi connectivity index (χ1n) is 5.65. The summed E-state index contributed by atoms with van der Waals surface area (Å²) in [4.78, 5) is 13.6. The van der Waals surface area contributed by atoms with Crippen LogP contribution < -0.4 is 10.6 Å². The minimum Gasteiger partial charge on any atom is -0.399 e. The number of nitrogens with zero attached hydrogens (tertiary/aromatic N) is 1. The van der Waals surface area contributed by atoms with Crippen LogP contribution >= 0.6 is 0 Å². The minimum atomic E-state index is 0.0696. The lowest BCUT2D eigenvalue weighted by atomic mass is 10.1. The Morgan fingerprint density at radius 3 is 2.82 bits per heavy atom. The highest BCUT2D eigenvalue weighted by atomic mass is 16.5. The molecule has 0 radical (unpaired) electrons. The summed E-state index contributed by atoms with van der Waals surface area (Å²) in [6, 6.07) is 7.30. The number of hydrogen-bond donors (Lipinski definition) is 1. The number of amides is 1. The van der Waals surface area contributed by atoms with Crippen molar-refractivity contribution >= 4 is 17.3 Å². The van der Waals surface area contributed by atoms with Gasteiger partial charge in [-0.05, 0) is 24.1 Å². The van der Waals surface area contributed by atoms with Crippen molar-refractivity contribution in [2.75, 3.05) is 31.4 Å². The third-order valence-corrected chi connectivity index (χ3v) is 2.61. The lowest BCUT2D eigenvalue weighted by Crippen LogP contribution is -2.28. The van der Waals surface area contributed by atoms with Crippen LogP contribution in [0, 0.1) is 5.92 Å². The molecule has 0 aliphatic heterocycles. The zero-order valence-corrected chi connectivity index (χ0v) is 10.6. The van der Waals surface area contributed by atoms with Gasteiger partial charge in [0, 0.05) is 38.6 Å². The average molecular weight is 236 g/mol. The maximum absolute atomic E-state index is 12.0. The van der Waals surface area contributed by atoms with Crippen LogP contribution in [-0.2, 0) is 9.53 Å². The maximum Gasteiger partial charge on any atom is 0.227 e. The normalized spacial score (nSPS) is 12.2. The highest BCUT2D eigenvalue weighted by Crippen LogP contribution is 2.18. The summed E-state index contributed by atoms with van der Waals surface area (Å²) < 4.78 is 5.02. The van der Waals surface area contributed by atoms with Crippen LogP contribution in [0.3, 0.4) is 0 Å². The molecule has 0 aliphatic carbocycles. The van der Waals surface area contributed by atoms with Crippen LogP contribution in [0.25, 0.3) is 0 Å². The molecule has 0 bridgehead atoms. The summed E-state index contributed by atoms with van der Waals surface area (Å²) in [7, 11) is 3.40. The van der Waals surface area contributed by atoms with Crippen LogP contribution in [0.1, 0.15) is 13.3 Å². The molecular weight excluding hydrogens is 216 g/mol. The number of methoxy groups -OCH3 is 1. The van der Waals surface area contributed by atoms with Gasteiger partial charge in [-0.15, -0.1) is 0 Å². The number of nitrogens with two attached hydrogens (primary N) is 1. The lowest BCUT2D eigenvalue weighted by Gasteiger charge is -2.19. The first-order valence-corrected chi connectivity index (χ1v) is 5.65. The van der Waals surface area contributed by atoms with Gasteiger partial charge in [0.15, 0.2) is 0 Å². The molecule has 2 N–H and O–H groups in total. The van der Waals surface area contributed by atoms with Gasteiger partial charge in [0.2, 0.25) is 5.91 Å². The second-order valence-electron chi connectivity index (χ2n) is 4.31. The van der Waals surface area contributed by atoms with E-state index in [0.29, 0.717) is 18.7 Å². The fourth-order valence-corrected chi connectivity index (χ4v) is 1.66. The third-order valence-electron chi connectivity index (χ3n) is 2.61. The molecule has 0 saturated heterocycles. The van der Waals surface area contributed by atoms with E-state index in [1.54, 1.807) is 31.2 Å². The Hall–Kier alpha value is -1.55. The van der Waals surface area contributed by atoms with E-state index in [9.17, 15) is 4.79 Å². The summed E-state index contributed by atoms with van der Waals surface area (Å²) in [6.45, 7) is 2.59. The number of hydrogen-bond acceptors (Lipinski definition) is 3. The number of benzene rings is 1. The van der Waals surface area contributed by atoms with Crippen molar-refractivity contribution in [3.8, 4) is 0 Å². The van der Waals surface area contributed by atoms with E-state index in [0.717, 1.165) is 5.69 Å². The van der Waals surface area contributed by atoms with Crippen LogP contribution in [0.5, 0.6) is 0 Å². The second kappa shape index (κ2) is 6.25. The molecule has 4 heteroatoms. The predicted octanol–water partition coefficient (Wildman–Crippen LogP) is 1.90. The molecule has 0 aliphatic rings. The predicted molar refractivity (Wildman–Crippen MR) is 69.9 cm³/mol. The van der Waals surface area contributed by atoms with Crippen molar-refractivity contribution in [1.29, 1.82) is 0 Å². The van der Waals surface area contributed by atoms with Gasteiger partial charge in [-0.2, -0.15) is 0 Å². The van der Waals surface area contributed by atoms with Gasteiger partial charge in [0.1, 0.15) is 0 Å². The molecule has 1 aromatic carbocycles. The quantitative estimate of drug-likeness (QED) is 0.794. The SMILES string of the molecule is COCC(C)CC(=O)N(C)c1cccc(N)c1. The zero-order valence-electron chi connectivity index (χ0n) is 10.6. The van der Waals surface area contributed by atoms with Crippen molar-refractivity contribution in [3.63, 3.8) is 0 Å². The number of ether oxygens (including phenoxy) is 1. The summed E-state index contributed by atoms with van der Waals surface area (Å²) in [5.74, 6) is 0.288. The molecule has 17 heavy (non-hydrogen) atoms. The van der Waals surface area contributed by atoms with Crippen molar-refractivity contribution < 1.29 is 9.53 Å². The largest absolute Gasteiger partial charge is 0.399 e. The highest BCUT2D eigenvalue weighted by molar-refractivity contribution is 5.93. The number of rotatable bonds is 5. The maximum atomic E-state index is 12.0. The average Bonchev–Trinajstić information content (AvgIpc) is 2.28. The molecule has 1 aromatic rings. The van der Waals surface area contributed by atoms with E-state index in [2.05, 4.69) is 0 Å². The lowest BCUT2D eigenvalue weighted by molar-refractivity contribution is -0.119. The smallest absolute Gasteiger partial charge is 0.227 e. The van der Waals surface area contributed by atoms with Crippen LogP contribution in [-0.4, -0.2) is 26.7 Å². The Morgan fingerprint density at radius 1 is 1.53 bits per heavy atom. The molecule has 0 fully saturated rings. The Labute approximate surface area is 102 Å². The van der Waals surface area contributed by atoms with E-state index >= 15 is 0 Å². The molecule has 0 aromatic heterocycles. The molecule has 0 heterocycles. The van der Waals surface area contributed by atoms with Crippen LogP contribution in [0.4, 0.5) is 11.4 Å². The summed E-state index contributed by atoms with van der Waals surface area (Å²) in [6.07, 6.45) is 0.471. The van der Waals surface area contributed by atoms with Gasteiger partial charge in [-0.25, -0.2) is 0 Å². The Kier molecular flexibility index (Phi) is 4.97. The standard InChI is InChI=1S/C13H20N2O2/c1-10(9-17-3)7-13(16)15(2)12-6-4-5-11(14)8-12/h4-6,8,10H,7,9,14H2,1-3H3. The van der Waals surface area contributed by atoms with Crippen molar-refractivity contribution in [1.82, 2.24) is 0 Å². The molecule has 0 spiro atoms.